The molecule has 3 aromatic rings. The van der Waals surface area contributed by atoms with Crippen LogP contribution in [0.25, 0.3) is 22.6 Å². The Morgan fingerprint density at radius 3 is 2.63 bits per heavy atom. The highest BCUT2D eigenvalue weighted by atomic mass is 16.3. The number of rotatable bonds is 2. The first kappa shape index (κ1) is 11.4. The zero-order chi connectivity index (χ0) is 13.2. The molecule has 0 saturated heterocycles. The van der Waals surface area contributed by atoms with Gasteiger partial charge < -0.3 is 10.2 Å². The van der Waals surface area contributed by atoms with Crippen LogP contribution >= 0.6 is 0 Å². The molecule has 3 aromatic heterocycles. The van der Waals surface area contributed by atoms with E-state index in [1.807, 2.05) is 25.1 Å². The fourth-order valence-electron chi connectivity index (χ4n) is 1.93. The molecule has 0 atom stereocenters. The lowest BCUT2D eigenvalue weighted by atomic mass is 10.0. The molecule has 0 radical (unpaired) electrons. The number of nitrogen functional groups attached to an aromatic ring is 1. The van der Waals surface area contributed by atoms with Crippen LogP contribution in [-0.2, 0) is 0 Å². The summed E-state index contributed by atoms with van der Waals surface area (Å²) in [4.78, 5) is 12.4. The molecule has 5 heteroatoms. The number of nitrogens with two attached hydrogens (primary N) is 1. The third kappa shape index (κ3) is 2.06. The largest absolute Gasteiger partial charge is 0.462 e. The van der Waals surface area contributed by atoms with Gasteiger partial charge in [0, 0.05) is 24.2 Å². The third-order valence-electron chi connectivity index (χ3n) is 2.88. The predicted octanol–water partition coefficient (Wildman–Crippen LogP) is 2.69. The van der Waals surface area contributed by atoms with E-state index in [-0.39, 0.29) is 5.95 Å². The van der Waals surface area contributed by atoms with E-state index >= 15 is 0 Å². The lowest BCUT2D eigenvalue weighted by Gasteiger charge is -2.07. The maximum atomic E-state index is 5.69. The van der Waals surface area contributed by atoms with Crippen molar-refractivity contribution >= 4 is 5.95 Å². The number of hydrogen-bond donors (Lipinski definition) is 1. The van der Waals surface area contributed by atoms with E-state index in [0.717, 1.165) is 16.7 Å². The van der Waals surface area contributed by atoms with Crippen LogP contribution in [0.3, 0.4) is 0 Å². The summed E-state index contributed by atoms with van der Waals surface area (Å²) in [5.41, 5.74) is 9.23. The van der Waals surface area contributed by atoms with E-state index in [1.54, 1.807) is 24.9 Å². The molecule has 2 N–H and O–H groups in total. The summed E-state index contributed by atoms with van der Waals surface area (Å²) in [7, 11) is 0. The molecule has 19 heavy (non-hydrogen) atoms. The highest BCUT2D eigenvalue weighted by Crippen LogP contribution is 2.32. The Labute approximate surface area is 110 Å². The molecule has 94 valence electrons. The molecule has 0 aliphatic rings. The number of hydrogen-bond acceptors (Lipinski definition) is 5. The van der Waals surface area contributed by atoms with Crippen LogP contribution in [0.5, 0.6) is 0 Å². The molecular weight excluding hydrogens is 240 g/mol. The Balaban J connectivity index is 2.24. The highest BCUT2D eigenvalue weighted by Gasteiger charge is 2.15. The zero-order valence-electron chi connectivity index (χ0n) is 10.4. The number of furan rings is 1. The summed E-state index contributed by atoms with van der Waals surface area (Å²) in [6.45, 7) is 1.97. The number of aromatic nitrogens is 3. The van der Waals surface area contributed by atoms with Crippen molar-refractivity contribution in [3.63, 3.8) is 0 Å². The van der Waals surface area contributed by atoms with Gasteiger partial charge in [-0.25, -0.2) is 9.97 Å². The molecule has 0 bridgehead atoms. The van der Waals surface area contributed by atoms with E-state index < -0.39 is 0 Å². The first-order chi connectivity index (χ1) is 9.25. The molecule has 0 aliphatic heterocycles. The van der Waals surface area contributed by atoms with Gasteiger partial charge >= 0.3 is 0 Å². The molecule has 0 spiro atoms. The van der Waals surface area contributed by atoms with Crippen molar-refractivity contribution in [2.24, 2.45) is 0 Å². The molecule has 0 fully saturated rings. The van der Waals surface area contributed by atoms with E-state index in [0.29, 0.717) is 11.5 Å². The molecule has 0 saturated carbocycles. The van der Waals surface area contributed by atoms with Crippen LogP contribution in [0.15, 0.2) is 47.5 Å². The topological polar surface area (TPSA) is 77.8 Å². The Morgan fingerprint density at radius 2 is 1.95 bits per heavy atom. The lowest BCUT2D eigenvalue weighted by molar-refractivity contribution is 0.578. The van der Waals surface area contributed by atoms with Gasteiger partial charge in [0.05, 0.1) is 6.26 Å². The summed E-state index contributed by atoms with van der Waals surface area (Å²) in [5.74, 6) is 0.935. The van der Waals surface area contributed by atoms with Gasteiger partial charge in [-0.3, -0.25) is 4.98 Å². The molecular formula is C14H12N4O. The number of nitrogens with zero attached hydrogens (tertiary/aromatic N) is 3. The minimum Gasteiger partial charge on any atom is -0.462 e. The second-order valence-electron chi connectivity index (χ2n) is 4.16. The Kier molecular flexibility index (Phi) is 2.72. The van der Waals surface area contributed by atoms with Gasteiger partial charge in [-0.2, -0.15) is 0 Å². The molecule has 0 aromatic carbocycles. The van der Waals surface area contributed by atoms with Crippen molar-refractivity contribution < 1.29 is 4.42 Å². The van der Waals surface area contributed by atoms with Crippen LogP contribution in [-0.4, -0.2) is 15.0 Å². The van der Waals surface area contributed by atoms with Crippen LogP contribution < -0.4 is 5.73 Å². The van der Waals surface area contributed by atoms with E-state index in [2.05, 4.69) is 15.0 Å². The normalized spacial score (nSPS) is 10.6. The van der Waals surface area contributed by atoms with Gasteiger partial charge in [-0.05, 0) is 36.2 Å². The minimum atomic E-state index is 0.226. The summed E-state index contributed by atoms with van der Waals surface area (Å²) in [6.07, 6.45) is 6.79. The predicted molar refractivity (Wildman–Crippen MR) is 72.1 cm³/mol. The summed E-state index contributed by atoms with van der Waals surface area (Å²) in [5, 5.41) is 0. The SMILES string of the molecule is Cc1ccoc1-c1nc(N)ncc1-c1ccncc1. The minimum absolute atomic E-state index is 0.226. The average molecular weight is 252 g/mol. The first-order valence-corrected chi connectivity index (χ1v) is 5.83. The van der Waals surface area contributed by atoms with Gasteiger partial charge in [0.25, 0.3) is 0 Å². The Hall–Kier alpha value is -2.69. The Bertz CT molecular complexity index is 706. The van der Waals surface area contributed by atoms with Gasteiger partial charge in [0.1, 0.15) is 5.69 Å². The van der Waals surface area contributed by atoms with Crippen molar-refractivity contribution in [3.8, 4) is 22.6 Å². The zero-order valence-corrected chi connectivity index (χ0v) is 10.4. The molecule has 3 heterocycles. The average Bonchev–Trinajstić information content (AvgIpc) is 2.86. The van der Waals surface area contributed by atoms with Crippen molar-refractivity contribution in [2.45, 2.75) is 6.92 Å². The second-order valence-corrected chi connectivity index (χ2v) is 4.16. The van der Waals surface area contributed by atoms with Gasteiger partial charge in [0.15, 0.2) is 5.76 Å². The molecule has 0 unspecified atom stereocenters. The maximum absolute atomic E-state index is 5.69. The van der Waals surface area contributed by atoms with Gasteiger partial charge in [-0.1, -0.05) is 0 Å². The van der Waals surface area contributed by atoms with E-state index in [9.17, 15) is 0 Å². The van der Waals surface area contributed by atoms with E-state index in [4.69, 9.17) is 10.2 Å². The number of anilines is 1. The smallest absolute Gasteiger partial charge is 0.220 e. The standard InChI is InChI=1S/C14H12N4O/c1-9-4-7-19-13(9)12-11(8-17-14(15)18-12)10-2-5-16-6-3-10/h2-8H,1H3,(H2,15,17,18). The summed E-state index contributed by atoms with van der Waals surface area (Å²) >= 11 is 0. The quantitative estimate of drug-likeness (QED) is 0.758. The second kappa shape index (κ2) is 4.53. The van der Waals surface area contributed by atoms with Crippen LogP contribution in [0.4, 0.5) is 5.95 Å². The number of pyridine rings is 1. The first-order valence-electron chi connectivity index (χ1n) is 5.83. The van der Waals surface area contributed by atoms with Crippen LogP contribution in [0.1, 0.15) is 5.56 Å². The molecule has 0 aliphatic carbocycles. The Morgan fingerprint density at radius 1 is 1.16 bits per heavy atom. The van der Waals surface area contributed by atoms with Crippen molar-refractivity contribution in [1.82, 2.24) is 15.0 Å². The van der Waals surface area contributed by atoms with Crippen molar-refractivity contribution in [1.29, 1.82) is 0 Å². The monoisotopic (exact) mass is 252 g/mol. The lowest BCUT2D eigenvalue weighted by Crippen LogP contribution is -1.98. The summed E-state index contributed by atoms with van der Waals surface area (Å²) < 4.78 is 5.51. The fourth-order valence-corrected chi connectivity index (χ4v) is 1.93. The van der Waals surface area contributed by atoms with Crippen LogP contribution in [0.2, 0.25) is 0 Å². The molecule has 5 nitrogen and oxygen atoms in total. The third-order valence-corrected chi connectivity index (χ3v) is 2.88. The van der Waals surface area contributed by atoms with Crippen molar-refractivity contribution in [3.05, 3.63) is 48.6 Å². The van der Waals surface area contributed by atoms with Crippen LogP contribution in [0, 0.1) is 6.92 Å². The van der Waals surface area contributed by atoms with Gasteiger partial charge in [0.2, 0.25) is 5.95 Å². The maximum Gasteiger partial charge on any atom is 0.220 e. The highest BCUT2D eigenvalue weighted by molar-refractivity contribution is 5.79. The molecule has 0 amide bonds. The fraction of sp³-hybridized carbons (Fsp3) is 0.0714. The van der Waals surface area contributed by atoms with E-state index in [1.165, 1.54) is 0 Å². The summed E-state index contributed by atoms with van der Waals surface area (Å²) in [6, 6.07) is 5.69. The van der Waals surface area contributed by atoms with Gasteiger partial charge in [-0.15, -0.1) is 0 Å². The number of aryl methyl sites for hydroxylation is 1. The van der Waals surface area contributed by atoms with Crippen molar-refractivity contribution in [2.75, 3.05) is 5.73 Å². The molecule has 3 rings (SSSR count).